The molecule has 1 aromatic carbocycles. The topological polar surface area (TPSA) is 30.7 Å². The Labute approximate surface area is 178 Å². The maximum Gasteiger partial charge on any atom is 0.460 e. The van der Waals surface area contributed by atoms with Crippen LogP contribution in [0.5, 0.6) is 0 Å². The second kappa shape index (κ2) is 7.66. The van der Waals surface area contributed by atoms with Crippen molar-refractivity contribution in [2.24, 2.45) is 7.05 Å². The van der Waals surface area contributed by atoms with Crippen LogP contribution in [0.2, 0.25) is 0 Å². The first kappa shape index (κ1) is 27.6. The lowest BCUT2D eigenvalue weighted by Gasteiger charge is -2.41. The van der Waals surface area contributed by atoms with Crippen LogP contribution in [0.1, 0.15) is 5.82 Å². The van der Waals surface area contributed by atoms with Gasteiger partial charge in [-0.2, -0.15) is 71.0 Å². The molecule has 0 aliphatic carbocycles. The molecule has 0 unspecified atom stereocenters. The van der Waals surface area contributed by atoms with Crippen LogP contribution in [0, 0.1) is 0 Å². The van der Waals surface area contributed by atoms with E-state index in [1.807, 2.05) is 0 Å². The van der Waals surface area contributed by atoms with Crippen LogP contribution >= 0.6 is 0 Å². The van der Waals surface area contributed by atoms with Gasteiger partial charge in [0.15, 0.2) is 5.82 Å². The number of rotatable bonds is 7. The van der Waals surface area contributed by atoms with Gasteiger partial charge in [-0.05, 0) is 0 Å². The zero-order valence-electron chi connectivity index (χ0n) is 15.9. The lowest BCUT2D eigenvalue weighted by Crippen LogP contribution is -2.72. The highest BCUT2D eigenvalue weighted by atomic mass is 19.4. The van der Waals surface area contributed by atoms with Gasteiger partial charge < -0.3 is 0 Å². The van der Waals surface area contributed by atoms with Crippen molar-refractivity contribution in [3.05, 3.63) is 36.2 Å². The third-order valence-corrected chi connectivity index (χ3v) is 4.40. The van der Waals surface area contributed by atoms with Crippen LogP contribution in [0.25, 0.3) is 11.4 Å². The van der Waals surface area contributed by atoms with E-state index in [0.717, 1.165) is 12.1 Å². The molecule has 3 nitrogen and oxygen atoms in total. The standard InChI is InChI=1S/C16H8F15N3/c1-34-9(32-8(33-34)7-5-3-2-4-6-7)10(17,18)11(19,20)12(21,22)13(23,24)14(25,26)15(27,28)16(29,30)31/h2-6H,1H3. The van der Waals surface area contributed by atoms with E-state index in [1.54, 1.807) is 0 Å². The van der Waals surface area contributed by atoms with E-state index < -0.39 is 53.4 Å². The van der Waals surface area contributed by atoms with Gasteiger partial charge in [0.2, 0.25) is 5.82 Å². The Morgan fingerprint density at radius 3 is 1.44 bits per heavy atom. The normalized spacial score (nSPS) is 15.1. The molecule has 0 saturated heterocycles. The molecule has 18 heteroatoms. The fourth-order valence-electron chi connectivity index (χ4n) is 2.47. The smallest absolute Gasteiger partial charge is 0.247 e. The molecule has 0 radical (unpaired) electrons. The fourth-order valence-corrected chi connectivity index (χ4v) is 2.47. The van der Waals surface area contributed by atoms with Gasteiger partial charge in [0, 0.05) is 12.6 Å². The van der Waals surface area contributed by atoms with Crippen molar-refractivity contribution in [3.63, 3.8) is 0 Å². The van der Waals surface area contributed by atoms with Crippen molar-refractivity contribution in [2.45, 2.75) is 41.7 Å². The lowest BCUT2D eigenvalue weighted by molar-refractivity contribution is -0.454. The van der Waals surface area contributed by atoms with Crippen LogP contribution in [0.4, 0.5) is 65.9 Å². The van der Waals surface area contributed by atoms with Crippen molar-refractivity contribution < 1.29 is 65.9 Å². The number of hydrogen-bond donors (Lipinski definition) is 0. The van der Waals surface area contributed by atoms with Crippen molar-refractivity contribution in [3.8, 4) is 11.4 Å². The lowest BCUT2D eigenvalue weighted by atomic mass is 9.91. The van der Waals surface area contributed by atoms with Gasteiger partial charge in [-0.15, -0.1) is 0 Å². The minimum absolute atomic E-state index is 0.197. The second-order valence-electron chi connectivity index (χ2n) is 6.69. The average Bonchev–Trinajstić information content (AvgIpc) is 3.09. The molecule has 0 aliphatic rings. The Morgan fingerprint density at radius 1 is 0.588 bits per heavy atom. The number of nitrogens with zero attached hydrogens (tertiary/aromatic N) is 3. The number of aryl methyl sites for hydroxylation is 1. The van der Waals surface area contributed by atoms with Crippen molar-refractivity contribution in [1.29, 1.82) is 0 Å². The predicted octanol–water partition coefficient (Wildman–Crippen LogP) is 6.31. The minimum Gasteiger partial charge on any atom is -0.247 e. The molecule has 1 aromatic heterocycles. The van der Waals surface area contributed by atoms with Gasteiger partial charge in [-0.3, -0.25) is 0 Å². The highest BCUT2D eigenvalue weighted by Gasteiger charge is 2.93. The van der Waals surface area contributed by atoms with E-state index in [0.29, 0.717) is 7.05 Å². The van der Waals surface area contributed by atoms with Crippen molar-refractivity contribution >= 4 is 0 Å². The molecule has 0 N–H and O–H groups in total. The second-order valence-corrected chi connectivity index (χ2v) is 6.69. The molecule has 34 heavy (non-hydrogen) atoms. The third-order valence-electron chi connectivity index (χ3n) is 4.40. The van der Waals surface area contributed by atoms with E-state index in [4.69, 9.17) is 0 Å². The number of benzene rings is 1. The molecule has 0 atom stereocenters. The molecule has 2 aromatic rings. The Morgan fingerprint density at radius 2 is 1.00 bits per heavy atom. The highest BCUT2D eigenvalue weighted by Crippen LogP contribution is 2.63. The van der Waals surface area contributed by atoms with Crippen LogP contribution in [0.3, 0.4) is 0 Å². The van der Waals surface area contributed by atoms with Gasteiger partial charge in [-0.1, -0.05) is 30.3 Å². The molecule has 0 fully saturated rings. The number of halogens is 15. The molecule has 0 amide bonds. The predicted molar refractivity (Wildman–Crippen MR) is 81.1 cm³/mol. The highest BCUT2D eigenvalue weighted by molar-refractivity contribution is 5.54. The summed E-state index contributed by atoms with van der Waals surface area (Å²) >= 11 is 0. The Kier molecular flexibility index (Phi) is 6.21. The van der Waals surface area contributed by atoms with E-state index in [-0.39, 0.29) is 10.2 Å². The SMILES string of the molecule is Cn1nc(-c2ccccc2)nc1C(F)(F)C(F)(F)C(F)(F)C(F)(F)C(F)(F)C(F)(F)C(F)(F)F. The van der Waals surface area contributed by atoms with Crippen LogP contribution in [-0.2, 0) is 13.0 Å². The zero-order chi connectivity index (χ0) is 26.8. The summed E-state index contributed by atoms with van der Waals surface area (Å²) in [5, 5.41) is 3.17. The molecule has 2 rings (SSSR count). The van der Waals surface area contributed by atoms with E-state index in [2.05, 4.69) is 10.1 Å². The summed E-state index contributed by atoms with van der Waals surface area (Å²) in [7, 11) is 0.376. The number of alkyl halides is 15. The summed E-state index contributed by atoms with van der Waals surface area (Å²) in [6, 6.07) is 6.05. The molecular weight excluding hydrogens is 519 g/mol. The summed E-state index contributed by atoms with van der Waals surface area (Å²) in [5.74, 6) is -50.6. The first-order valence-electron chi connectivity index (χ1n) is 8.29. The molecular formula is C16H8F15N3. The van der Waals surface area contributed by atoms with Gasteiger partial charge in [0.1, 0.15) is 0 Å². The van der Waals surface area contributed by atoms with Gasteiger partial charge in [-0.25, -0.2) is 9.67 Å². The molecule has 192 valence electrons. The summed E-state index contributed by atoms with van der Waals surface area (Å²) in [5.41, 5.74) is -0.197. The van der Waals surface area contributed by atoms with Gasteiger partial charge in [0.05, 0.1) is 0 Å². The summed E-state index contributed by atoms with van der Waals surface area (Å²) in [6.45, 7) is 0. The average molecular weight is 527 g/mol. The maximum atomic E-state index is 14.3. The maximum absolute atomic E-state index is 14.3. The van der Waals surface area contributed by atoms with E-state index in [9.17, 15) is 65.9 Å². The van der Waals surface area contributed by atoms with Gasteiger partial charge in [0.25, 0.3) is 0 Å². The molecule has 0 bridgehead atoms. The first-order valence-corrected chi connectivity index (χ1v) is 8.29. The largest absolute Gasteiger partial charge is 0.460 e. The third kappa shape index (κ3) is 3.55. The molecule has 1 heterocycles. The minimum atomic E-state index is -8.35. The van der Waals surface area contributed by atoms with E-state index >= 15 is 0 Å². The Balaban J connectivity index is 2.64. The quantitative estimate of drug-likeness (QED) is 0.395. The number of hydrogen-bond acceptors (Lipinski definition) is 2. The summed E-state index contributed by atoms with van der Waals surface area (Å²) < 4.78 is 200. The van der Waals surface area contributed by atoms with Crippen LogP contribution in [-0.4, -0.2) is 50.6 Å². The zero-order valence-corrected chi connectivity index (χ0v) is 15.9. The first-order chi connectivity index (χ1) is 15.0. The summed E-state index contributed by atoms with van der Waals surface area (Å²) in [6.07, 6.45) is -7.65. The van der Waals surface area contributed by atoms with Crippen LogP contribution < -0.4 is 0 Å². The van der Waals surface area contributed by atoms with Gasteiger partial charge >= 0.3 is 41.7 Å². The van der Waals surface area contributed by atoms with E-state index in [1.165, 1.54) is 18.2 Å². The van der Waals surface area contributed by atoms with Crippen molar-refractivity contribution in [1.82, 2.24) is 14.8 Å². The monoisotopic (exact) mass is 527 g/mol. The number of aromatic nitrogens is 3. The molecule has 0 saturated carbocycles. The summed E-state index contributed by atoms with van der Waals surface area (Å²) in [4.78, 5) is 2.79. The van der Waals surface area contributed by atoms with Crippen LogP contribution in [0.15, 0.2) is 30.3 Å². The Bertz CT molecular complexity index is 1020. The molecule has 0 aliphatic heterocycles. The molecule has 0 spiro atoms. The van der Waals surface area contributed by atoms with Crippen molar-refractivity contribution in [2.75, 3.05) is 0 Å². The fraction of sp³-hybridized carbons (Fsp3) is 0.500. The Hall–Kier alpha value is -2.69.